The van der Waals surface area contributed by atoms with Crippen molar-refractivity contribution in [3.8, 4) is 0 Å². The Kier molecular flexibility index (Phi) is 6.36. The van der Waals surface area contributed by atoms with Crippen molar-refractivity contribution in [2.45, 2.75) is 77.5 Å². The third-order valence-electron chi connectivity index (χ3n) is 7.25. The van der Waals surface area contributed by atoms with E-state index in [-0.39, 0.29) is 11.7 Å². The van der Waals surface area contributed by atoms with Gasteiger partial charge in [0.05, 0.1) is 11.7 Å². The van der Waals surface area contributed by atoms with E-state index in [1.54, 1.807) is 28.6 Å². The lowest BCUT2D eigenvalue weighted by Crippen LogP contribution is -2.50. The summed E-state index contributed by atoms with van der Waals surface area (Å²) in [5, 5.41) is 7.39. The van der Waals surface area contributed by atoms with Crippen LogP contribution in [0, 0.1) is 6.92 Å². The van der Waals surface area contributed by atoms with Crippen LogP contribution in [0.25, 0.3) is 22.1 Å². The monoisotopic (exact) mass is 517 g/mol. The first-order valence-corrected chi connectivity index (χ1v) is 13.0. The Morgan fingerprint density at radius 2 is 1.92 bits per heavy atom. The third kappa shape index (κ3) is 5.07. The van der Waals surface area contributed by atoms with Gasteiger partial charge < -0.3 is 15.4 Å². The molecule has 2 N–H and O–H groups in total. The summed E-state index contributed by atoms with van der Waals surface area (Å²) < 4.78 is 8.84. The van der Waals surface area contributed by atoms with Gasteiger partial charge in [0.1, 0.15) is 11.1 Å². The molecule has 0 bridgehead atoms. The number of amides is 1. The Morgan fingerprint density at radius 1 is 1.18 bits per heavy atom. The van der Waals surface area contributed by atoms with Crippen molar-refractivity contribution in [1.82, 2.24) is 29.4 Å². The summed E-state index contributed by atoms with van der Waals surface area (Å²) in [6, 6.07) is 7.95. The lowest BCUT2D eigenvalue weighted by molar-refractivity contribution is 0.0427. The quantitative estimate of drug-likeness (QED) is 0.386. The highest BCUT2D eigenvalue weighted by molar-refractivity contribution is 5.85. The SMILES string of the molecule is Cc1cc2ncccc2cc1Nc1ncc2c(n1)n(C1CCC(C)(NC(=O)OC(C)(C)C)CC1)c(=O)n2C. The van der Waals surface area contributed by atoms with E-state index >= 15 is 0 Å². The fourth-order valence-electron chi connectivity index (χ4n) is 5.18. The molecule has 0 spiro atoms. The molecule has 4 aromatic rings. The van der Waals surface area contributed by atoms with Crippen molar-refractivity contribution >= 4 is 39.8 Å². The fraction of sp³-hybridized carbons (Fsp3) is 0.464. The first kappa shape index (κ1) is 25.7. The number of nitrogens with one attached hydrogen (secondary N) is 2. The molecule has 3 heterocycles. The van der Waals surface area contributed by atoms with Crippen molar-refractivity contribution in [3.05, 3.63) is 52.7 Å². The largest absolute Gasteiger partial charge is 0.444 e. The van der Waals surface area contributed by atoms with E-state index in [4.69, 9.17) is 9.72 Å². The standard InChI is InChI=1S/C28H35N7O3/c1-17-14-21-18(8-7-13-29-21)15-20(17)31-24-30-16-22-23(32-24)35(26(37)34(22)6)19-9-11-28(5,12-10-19)33-25(36)38-27(2,3)4/h7-8,13-16,19H,9-12H2,1-6H3,(H,33,36)(H,30,31,32). The van der Waals surface area contributed by atoms with Crippen LogP contribution in [-0.2, 0) is 11.8 Å². The average molecular weight is 518 g/mol. The molecule has 1 saturated carbocycles. The summed E-state index contributed by atoms with van der Waals surface area (Å²) in [6.45, 7) is 9.59. The van der Waals surface area contributed by atoms with E-state index in [2.05, 4.69) is 20.6 Å². The van der Waals surface area contributed by atoms with Crippen molar-refractivity contribution in [1.29, 1.82) is 0 Å². The Labute approximate surface area is 221 Å². The van der Waals surface area contributed by atoms with Gasteiger partial charge in [0.15, 0.2) is 5.65 Å². The number of rotatable bonds is 4. The van der Waals surface area contributed by atoms with Crippen LogP contribution in [0.2, 0.25) is 0 Å². The highest BCUT2D eigenvalue weighted by Gasteiger charge is 2.36. The van der Waals surface area contributed by atoms with Gasteiger partial charge in [-0.05, 0) is 84.1 Å². The zero-order valence-electron chi connectivity index (χ0n) is 22.8. The molecule has 1 aliphatic rings. The molecule has 0 atom stereocenters. The molecule has 3 aromatic heterocycles. The Hall–Kier alpha value is -3.95. The van der Waals surface area contributed by atoms with Crippen molar-refractivity contribution in [2.75, 3.05) is 5.32 Å². The number of aryl methyl sites for hydroxylation is 2. The molecule has 5 rings (SSSR count). The first-order valence-electron chi connectivity index (χ1n) is 13.0. The number of anilines is 2. The number of nitrogens with zero attached hydrogens (tertiary/aromatic N) is 5. The third-order valence-corrected chi connectivity index (χ3v) is 7.25. The van der Waals surface area contributed by atoms with Gasteiger partial charge in [0.25, 0.3) is 0 Å². The molecule has 1 aromatic carbocycles. The van der Waals surface area contributed by atoms with Crippen LogP contribution in [-0.4, -0.2) is 41.3 Å². The summed E-state index contributed by atoms with van der Waals surface area (Å²) in [5.41, 5.74) is 3.05. The maximum atomic E-state index is 13.3. The van der Waals surface area contributed by atoms with Gasteiger partial charge in [-0.15, -0.1) is 0 Å². The smallest absolute Gasteiger partial charge is 0.408 e. The molecule has 10 heteroatoms. The van der Waals surface area contributed by atoms with Crippen LogP contribution in [0.15, 0.2) is 41.5 Å². The molecular formula is C28H35N7O3. The predicted molar refractivity (Wildman–Crippen MR) is 148 cm³/mol. The minimum Gasteiger partial charge on any atom is -0.444 e. The van der Waals surface area contributed by atoms with Gasteiger partial charge in [-0.1, -0.05) is 6.07 Å². The summed E-state index contributed by atoms with van der Waals surface area (Å²) in [7, 11) is 1.75. The van der Waals surface area contributed by atoms with Crippen molar-refractivity contribution in [3.63, 3.8) is 0 Å². The van der Waals surface area contributed by atoms with E-state index in [1.807, 2.05) is 58.9 Å². The highest BCUT2D eigenvalue weighted by Crippen LogP contribution is 2.36. The number of hydrogen-bond donors (Lipinski definition) is 2. The summed E-state index contributed by atoms with van der Waals surface area (Å²) in [4.78, 5) is 39.4. The van der Waals surface area contributed by atoms with Crippen molar-refractivity contribution < 1.29 is 9.53 Å². The molecule has 10 nitrogen and oxygen atoms in total. The highest BCUT2D eigenvalue weighted by atomic mass is 16.6. The zero-order valence-corrected chi connectivity index (χ0v) is 22.8. The van der Waals surface area contributed by atoms with Gasteiger partial charge in [-0.3, -0.25) is 14.1 Å². The predicted octanol–water partition coefficient (Wildman–Crippen LogP) is 5.13. The summed E-state index contributed by atoms with van der Waals surface area (Å²) >= 11 is 0. The molecule has 0 unspecified atom stereocenters. The zero-order chi connectivity index (χ0) is 27.2. The van der Waals surface area contributed by atoms with Gasteiger partial charge in [0, 0.05) is 35.9 Å². The maximum Gasteiger partial charge on any atom is 0.408 e. The van der Waals surface area contributed by atoms with Crippen LogP contribution in [0.5, 0.6) is 0 Å². The lowest BCUT2D eigenvalue weighted by atomic mass is 9.81. The van der Waals surface area contributed by atoms with E-state index in [1.165, 1.54) is 0 Å². The fourth-order valence-corrected chi connectivity index (χ4v) is 5.18. The Morgan fingerprint density at radius 3 is 2.63 bits per heavy atom. The summed E-state index contributed by atoms with van der Waals surface area (Å²) in [6.07, 6.45) is 5.97. The van der Waals surface area contributed by atoms with Gasteiger partial charge in [0.2, 0.25) is 5.95 Å². The number of pyridine rings is 1. The van der Waals surface area contributed by atoms with E-state index < -0.39 is 17.2 Å². The molecule has 0 aliphatic heterocycles. The molecule has 0 saturated heterocycles. The molecule has 1 aliphatic carbocycles. The molecule has 200 valence electrons. The van der Waals surface area contributed by atoms with E-state index in [0.717, 1.165) is 47.8 Å². The number of carbonyl (C=O) groups excluding carboxylic acids is 1. The lowest BCUT2D eigenvalue weighted by Gasteiger charge is -2.38. The molecule has 1 fully saturated rings. The normalized spacial score (nSPS) is 20.0. The number of aromatic nitrogens is 5. The van der Waals surface area contributed by atoms with Crippen LogP contribution < -0.4 is 16.3 Å². The van der Waals surface area contributed by atoms with Crippen LogP contribution in [0.3, 0.4) is 0 Å². The molecular weight excluding hydrogens is 482 g/mol. The van der Waals surface area contributed by atoms with Gasteiger partial charge in [-0.2, -0.15) is 4.98 Å². The van der Waals surface area contributed by atoms with Crippen LogP contribution in [0.1, 0.15) is 65.0 Å². The Balaban J connectivity index is 1.39. The number of alkyl carbamates (subject to hydrolysis) is 1. The van der Waals surface area contributed by atoms with Crippen molar-refractivity contribution in [2.24, 2.45) is 7.05 Å². The summed E-state index contributed by atoms with van der Waals surface area (Å²) in [5.74, 6) is 0.426. The van der Waals surface area contributed by atoms with E-state index in [9.17, 15) is 9.59 Å². The molecule has 38 heavy (non-hydrogen) atoms. The molecule has 1 amide bonds. The second-order valence-electron chi connectivity index (χ2n) is 11.5. The van der Waals surface area contributed by atoms with Crippen LogP contribution in [0.4, 0.5) is 16.4 Å². The second kappa shape index (κ2) is 9.41. The van der Waals surface area contributed by atoms with Gasteiger partial charge in [-0.25, -0.2) is 14.6 Å². The number of imidazole rings is 1. The number of hydrogen-bond acceptors (Lipinski definition) is 7. The number of carbonyl (C=O) groups is 1. The minimum atomic E-state index is -0.554. The maximum absolute atomic E-state index is 13.3. The number of ether oxygens (including phenoxy) is 1. The number of benzene rings is 1. The molecule has 0 radical (unpaired) electrons. The Bertz CT molecular complexity index is 1570. The second-order valence-corrected chi connectivity index (χ2v) is 11.5. The van der Waals surface area contributed by atoms with E-state index in [0.29, 0.717) is 17.1 Å². The minimum absolute atomic E-state index is 0.0315. The van der Waals surface area contributed by atoms with Gasteiger partial charge >= 0.3 is 11.8 Å². The topological polar surface area (TPSA) is 116 Å². The average Bonchev–Trinajstić information content (AvgIpc) is 3.08. The first-order chi connectivity index (χ1) is 17.9. The van der Waals surface area contributed by atoms with Crippen LogP contribution >= 0.6 is 0 Å². The number of fused-ring (bicyclic) bond motifs is 2.